The molecule has 1 fully saturated rings. The predicted octanol–water partition coefficient (Wildman–Crippen LogP) is 1.52. The Labute approximate surface area is 152 Å². The second kappa shape index (κ2) is 5.82. The molecule has 1 aliphatic rings. The molecule has 132 valence electrons. The van der Waals surface area contributed by atoms with Crippen molar-refractivity contribution in [1.82, 2.24) is 25.3 Å². The van der Waals surface area contributed by atoms with Crippen LogP contribution >= 0.6 is 11.3 Å². The number of pyridine rings is 2. The molecule has 0 spiro atoms. The fourth-order valence-corrected chi connectivity index (χ4v) is 4.14. The van der Waals surface area contributed by atoms with Crippen molar-refractivity contribution in [2.45, 2.75) is 0 Å². The first-order valence-corrected chi connectivity index (χ1v) is 9.30. The smallest absolute Gasteiger partial charge is 0.262 e. The average Bonchev–Trinajstić information content (AvgIpc) is 3.28. The number of imidazole rings is 1. The van der Waals surface area contributed by atoms with Crippen molar-refractivity contribution in [3.05, 3.63) is 33.9 Å². The van der Waals surface area contributed by atoms with E-state index in [0.717, 1.165) is 47.7 Å². The molecule has 1 aliphatic heterocycles. The topological polar surface area (TPSA) is 116 Å². The highest BCUT2D eigenvalue weighted by Crippen LogP contribution is 2.30. The summed E-state index contributed by atoms with van der Waals surface area (Å²) in [6.45, 7) is 3.71. The van der Waals surface area contributed by atoms with Gasteiger partial charge in [-0.05, 0) is 23.6 Å². The third-order valence-corrected chi connectivity index (χ3v) is 5.52. The maximum Gasteiger partial charge on any atom is 0.262 e. The number of nitrogen functional groups attached to an aromatic ring is 1. The van der Waals surface area contributed by atoms with E-state index in [-0.39, 0.29) is 5.56 Å². The minimum absolute atomic E-state index is 0.251. The summed E-state index contributed by atoms with van der Waals surface area (Å²) in [7, 11) is 0. The maximum absolute atomic E-state index is 12.5. The molecule has 0 amide bonds. The quantitative estimate of drug-likeness (QED) is 0.427. The molecule has 9 heteroatoms. The van der Waals surface area contributed by atoms with Gasteiger partial charge < -0.3 is 25.9 Å². The van der Waals surface area contributed by atoms with Crippen LogP contribution in [0.4, 0.5) is 11.5 Å². The summed E-state index contributed by atoms with van der Waals surface area (Å²) < 4.78 is 0. The Morgan fingerprint density at radius 1 is 1.12 bits per heavy atom. The molecule has 0 atom stereocenters. The summed E-state index contributed by atoms with van der Waals surface area (Å²) in [5, 5.41) is 6.07. The number of aromatic amines is 2. The molecule has 4 aromatic heterocycles. The van der Waals surface area contributed by atoms with Gasteiger partial charge in [-0.3, -0.25) is 4.79 Å². The van der Waals surface area contributed by atoms with Gasteiger partial charge in [0.15, 0.2) is 5.65 Å². The van der Waals surface area contributed by atoms with Gasteiger partial charge in [0.2, 0.25) is 0 Å². The molecule has 0 bridgehead atoms. The first-order valence-electron chi connectivity index (χ1n) is 8.42. The zero-order valence-corrected chi connectivity index (χ0v) is 14.7. The van der Waals surface area contributed by atoms with Gasteiger partial charge in [-0.25, -0.2) is 9.97 Å². The monoisotopic (exact) mass is 367 g/mol. The van der Waals surface area contributed by atoms with Crippen molar-refractivity contribution < 1.29 is 0 Å². The minimum atomic E-state index is -0.251. The van der Waals surface area contributed by atoms with Gasteiger partial charge in [-0.2, -0.15) is 0 Å². The highest BCUT2D eigenvalue weighted by atomic mass is 32.1. The van der Waals surface area contributed by atoms with Crippen molar-refractivity contribution in [1.29, 1.82) is 0 Å². The van der Waals surface area contributed by atoms with E-state index in [0.29, 0.717) is 22.7 Å². The zero-order valence-electron chi connectivity index (χ0n) is 13.9. The number of nitrogens with two attached hydrogens (primary N) is 1. The van der Waals surface area contributed by atoms with Gasteiger partial charge in [0.25, 0.3) is 5.56 Å². The fraction of sp³-hybridized carbons (Fsp3) is 0.235. The first kappa shape index (κ1) is 15.4. The van der Waals surface area contributed by atoms with Gasteiger partial charge in [0.05, 0.1) is 11.2 Å². The van der Waals surface area contributed by atoms with Crippen LogP contribution in [0.5, 0.6) is 0 Å². The number of thiophene rings is 1. The van der Waals surface area contributed by atoms with Crippen molar-refractivity contribution in [2.75, 3.05) is 36.8 Å². The van der Waals surface area contributed by atoms with E-state index in [9.17, 15) is 4.79 Å². The minimum Gasteiger partial charge on any atom is -0.397 e. The van der Waals surface area contributed by atoms with Crippen LogP contribution in [0.25, 0.3) is 32.8 Å². The van der Waals surface area contributed by atoms with E-state index in [4.69, 9.17) is 5.73 Å². The molecule has 8 nitrogen and oxygen atoms in total. The van der Waals surface area contributed by atoms with Crippen LogP contribution in [-0.4, -0.2) is 46.1 Å². The normalized spacial score (nSPS) is 15.2. The Morgan fingerprint density at radius 2 is 1.96 bits per heavy atom. The number of fused-ring (bicyclic) bond motifs is 2. The first-order chi connectivity index (χ1) is 12.7. The van der Waals surface area contributed by atoms with Crippen molar-refractivity contribution in [3.63, 3.8) is 0 Å². The van der Waals surface area contributed by atoms with Crippen molar-refractivity contribution in [3.8, 4) is 11.4 Å². The van der Waals surface area contributed by atoms with Gasteiger partial charge >= 0.3 is 0 Å². The zero-order chi connectivity index (χ0) is 17.7. The van der Waals surface area contributed by atoms with Crippen LogP contribution in [0.15, 0.2) is 28.4 Å². The van der Waals surface area contributed by atoms with Crippen molar-refractivity contribution >= 4 is 44.2 Å². The molecule has 26 heavy (non-hydrogen) atoms. The number of hydrogen-bond acceptors (Lipinski definition) is 7. The Kier molecular flexibility index (Phi) is 3.44. The Hall–Kier alpha value is -2.91. The van der Waals surface area contributed by atoms with E-state index in [2.05, 4.69) is 30.2 Å². The number of H-pyrrole nitrogens is 2. The fourth-order valence-electron chi connectivity index (χ4n) is 3.35. The molecule has 0 aliphatic carbocycles. The second-order valence-electron chi connectivity index (χ2n) is 6.27. The standard InChI is InChI=1S/C17H17N7OS/c18-13-9-3-8-26-17(9)23-16(25)12(13)15-20-10-1-2-11(21-14(10)22-15)24-6-4-19-5-7-24/h1-3,8,19H,4-7H2,(H3,18,23,25)(H,20,21,22). The van der Waals surface area contributed by atoms with Crippen LogP contribution in [-0.2, 0) is 0 Å². The van der Waals surface area contributed by atoms with Gasteiger partial charge in [-0.1, -0.05) is 0 Å². The molecule has 4 aromatic rings. The lowest BCUT2D eigenvalue weighted by molar-refractivity contribution is 0.585. The molecule has 5 heterocycles. The number of hydrogen-bond donors (Lipinski definition) is 4. The number of aromatic nitrogens is 4. The van der Waals surface area contributed by atoms with E-state index in [1.54, 1.807) is 0 Å². The van der Waals surface area contributed by atoms with Gasteiger partial charge in [-0.15, -0.1) is 11.3 Å². The van der Waals surface area contributed by atoms with Crippen molar-refractivity contribution in [2.24, 2.45) is 0 Å². The highest BCUT2D eigenvalue weighted by Gasteiger charge is 2.18. The van der Waals surface area contributed by atoms with E-state index < -0.39 is 0 Å². The van der Waals surface area contributed by atoms with E-state index in [1.165, 1.54) is 11.3 Å². The third kappa shape index (κ3) is 2.36. The molecule has 5 rings (SSSR count). The van der Waals surface area contributed by atoms with Crippen LogP contribution in [0.2, 0.25) is 0 Å². The summed E-state index contributed by atoms with van der Waals surface area (Å²) >= 11 is 1.45. The Morgan fingerprint density at radius 3 is 2.81 bits per heavy atom. The molecule has 1 saturated heterocycles. The van der Waals surface area contributed by atoms with Gasteiger partial charge in [0, 0.05) is 31.6 Å². The van der Waals surface area contributed by atoms with Crippen LogP contribution in [0.3, 0.4) is 0 Å². The van der Waals surface area contributed by atoms with E-state index >= 15 is 0 Å². The average molecular weight is 367 g/mol. The van der Waals surface area contributed by atoms with Crippen LogP contribution in [0.1, 0.15) is 0 Å². The molecule has 0 radical (unpaired) electrons. The molecule has 0 aromatic carbocycles. The number of rotatable bonds is 2. The summed E-state index contributed by atoms with van der Waals surface area (Å²) in [6, 6.07) is 5.83. The van der Waals surface area contributed by atoms with E-state index in [1.807, 2.05) is 23.6 Å². The van der Waals surface area contributed by atoms with Crippen LogP contribution in [0, 0.1) is 0 Å². The summed E-state index contributed by atoms with van der Waals surface area (Å²) in [5.41, 5.74) is 8.16. The molecule has 0 unspecified atom stereocenters. The number of nitrogens with one attached hydrogen (secondary N) is 3. The Bertz CT molecular complexity index is 1170. The SMILES string of the molecule is Nc1c(-c2nc3nc(N4CCNCC4)ccc3[nH]2)c(=O)[nH]c2sccc12. The summed E-state index contributed by atoms with van der Waals surface area (Å²) in [4.78, 5) is 30.8. The lowest BCUT2D eigenvalue weighted by atomic mass is 10.2. The molecule has 5 N–H and O–H groups in total. The highest BCUT2D eigenvalue weighted by molar-refractivity contribution is 7.16. The largest absolute Gasteiger partial charge is 0.397 e. The third-order valence-electron chi connectivity index (χ3n) is 4.69. The summed E-state index contributed by atoms with van der Waals surface area (Å²) in [6.07, 6.45) is 0. The molecule has 0 saturated carbocycles. The second-order valence-corrected chi connectivity index (χ2v) is 7.19. The number of anilines is 2. The maximum atomic E-state index is 12.5. The van der Waals surface area contributed by atoms with Gasteiger partial charge in [0.1, 0.15) is 22.0 Å². The predicted molar refractivity (Wildman–Crippen MR) is 105 cm³/mol. The Balaban J connectivity index is 1.63. The number of nitrogens with zero attached hydrogens (tertiary/aromatic N) is 3. The molecular formula is C17H17N7OS. The number of piperazine rings is 1. The lowest BCUT2D eigenvalue weighted by Crippen LogP contribution is -2.43. The van der Waals surface area contributed by atoms with Crippen LogP contribution < -0.4 is 21.5 Å². The summed E-state index contributed by atoms with van der Waals surface area (Å²) in [5.74, 6) is 1.34. The lowest BCUT2D eigenvalue weighted by Gasteiger charge is -2.28. The molecular weight excluding hydrogens is 350 g/mol.